The Morgan fingerprint density at radius 3 is 2.42 bits per heavy atom. The third-order valence-corrected chi connectivity index (χ3v) is 3.73. The van der Waals surface area contributed by atoms with E-state index in [1.165, 1.54) is 19.2 Å². The molecule has 0 aliphatic carbocycles. The summed E-state index contributed by atoms with van der Waals surface area (Å²) in [7, 11) is 1.43. The van der Waals surface area contributed by atoms with Gasteiger partial charge in [-0.05, 0) is 51.8 Å². The number of aldehydes is 1. The highest BCUT2D eigenvalue weighted by Gasteiger charge is 2.23. The van der Waals surface area contributed by atoms with E-state index in [9.17, 15) is 14.4 Å². The smallest absolute Gasteiger partial charge is 0.493 e. The Balaban J connectivity index is 2.67. The van der Waals surface area contributed by atoms with Crippen molar-refractivity contribution in [3.63, 3.8) is 0 Å². The minimum atomic E-state index is -0.919. The van der Waals surface area contributed by atoms with E-state index in [4.69, 9.17) is 14.2 Å². The highest BCUT2D eigenvalue weighted by atomic mass is 16.7. The first-order valence-corrected chi connectivity index (χ1v) is 8.62. The zero-order chi connectivity index (χ0) is 19.7. The molecule has 0 saturated heterocycles. The van der Waals surface area contributed by atoms with Crippen molar-refractivity contribution >= 4 is 18.3 Å². The number of ether oxygens (including phenoxy) is 3. The van der Waals surface area contributed by atoms with Gasteiger partial charge in [-0.1, -0.05) is 6.92 Å². The molecule has 7 nitrogen and oxygen atoms in total. The minimum Gasteiger partial charge on any atom is -0.493 e. The zero-order valence-corrected chi connectivity index (χ0v) is 15.9. The minimum absolute atomic E-state index is 0.0512. The molecule has 0 aliphatic heterocycles. The third kappa shape index (κ3) is 6.74. The average molecular weight is 365 g/mol. The van der Waals surface area contributed by atoms with Gasteiger partial charge in [-0.2, -0.15) is 0 Å². The van der Waals surface area contributed by atoms with Gasteiger partial charge < -0.3 is 19.5 Å². The number of methoxy groups -OCH3 is 1. The predicted octanol–water partition coefficient (Wildman–Crippen LogP) is 3.35. The highest BCUT2D eigenvalue weighted by molar-refractivity contribution is 5.79. The van der Waals surface area contributed by atoms with Crippen LogP contribution in [0.25, 0.3) is 0 Å². The maximum Gasteiger partial charge on any atom is 0.514 e. The van der Waals surface area contributed by atoms with Crippen LogP contribution in [0, 0.1) is 5.92 Å². The molecular formula is C19H27NO6. The Morgan fingerprint density at radius 1 is 1.19 bits per heavy atom. The monoisotopic (exact) mass is 365 g/mol. The number of amides is 1. The van der Waals surface area contributed by atoms with Gasteiger partial charge in [-0.15, -0.1) is 0 Å². The predicted molar refractivity (Wildman–Crippen MR) is 96.6 cm³/mol. The number of hydrogen-bond acceptors (Lipinski definition) is 6. The highest BCUT2D eigenvalue weighted by Crippen LogP contribution is 2.28. The van der Waals surface area contributed by atoms with Crippen LogP contribution in [-0.4, -0.2) is 37.6 Å². The molecule has 0 aliphatic rings. The van der Waals surface area contributed by atoms with E-state index in [0.717, 1.165) is 0 Å². The lowest BCUT2D eigenvalue weighted by Gasteiger charge is -2.20. The Morgan fingerprint density at radius 2 is 1.88 bits per heavy atom. The molecule has 2 unspecified atom stereocenters. The molecule has 1 aromatic carbocycles. The van der Waals surface area contributed by atoms with Crippen LogP contribution in [0.4, 0.5) is 4.79 Å². The maximum atomic E-state index is 12.1. The summed E-state index contributed by atoms with van der Waals surface area (Å²) < 4.78 is 15.5. The summed E-state index contributed by atoms with van der Waals surface area (Å²) in [6, 6.07) is 4.52. The third-order valence-electron chi connectivity index (χ3n) is 3.73. The van der Waals surface area contributed by atoms with E-state index in [-0.39, 0.29) is 23.6 Å². The van der Waals surface area contributed by atoms with Gasteiger partial charge in [-0.3, -0.25) is 9.59 Å². The van der Waals surface area contributed by atoms with Crippen LogP contribution in [0.1, 0.15) is 50.9 Å². The van der Waals surface area contributed by atoms with Crippen LogP contribution in [0.5, 0.6) is 11.5 Å². The van der Waals surface area contributed by atoms with Gasteiger partial charge in [0.15, 0.2) is 11.5 Å². The SMILES string of the molecule is CCC(CC(C)OC(=O)Oc1cc(C=O)ccc1OC)C(=O)NC(C)C. The van der Waals surface area contributed by atoms with Crippen LogP contribution in [0.2, 0.25) is 0 Å². The quantitative estimate of drug-likeness (QED) is 0.410. The second-order valence-corrected chi connectivity index (χ2v) is 6.31. The Bertz CT molecular complexity index is 628. The molecule has 0 radical (unpaired) electrons. The maximum absolute atomic E-state index is 12.1. The molecule has 0 aromatic heterocycles. The van der Waals surface area contributed by atoms with Gasteiger partial charge in [-0.25, -0.2) is 4.79 Å². The van der Waals surface area contributed by atoms with Crippen molar-refractivity contribution in [1.29, 1.82) is 0 Å². The molecule has 144 valence electrons. The van der Waals surface area contributed by atoms with E-state index in [2.05, 4.69) is 5.32 Å². The normalized spacial score (nSPS) is 12.8. The number of carbonyl (C=O) groups excluding carboxylic acids is 3. The van der Waals surface area contributed by atoms with Crippen molar-refractivity contribution in [3.8, 4) is 11.5 Å². The van der Waals surface area contributed by atoms with Crippen molar-refractivity contribution in [2.24, 2.45) is 5.92 Å². The van der Waals surface area contributed by atoms with Crippen LogP contribution >= 0.6 is 0 Å². The van der Waals surface area contributed by atoms with E-state index < -0.39 is 12.3 Å². The van der Waals surface area contributed by atoms with E-state index >= 15 is 0 Å². The van der Waals surface area contributed by atoms with Crippen LogP contribution in [0.3, 0.4) is 0 Å². The molecule has 0 spiro atoms. The molecule has 0 bridgehead atoms. The Labute approximate surface area is 154 Å². The topological polar surface area (TPSA) is 90.9 Å². The van der Waals surface area contributed by atoms with Crippen molar-refractivity contribution in [2.75, 3.05) is 7.11 Å². The first-order valence-electron chi connectivity index (χ1n) is 8.62. The molecule has 26 heavy (non-hydrogen) atoms. The van der Waals surface area contributed by atoms with Gasteiger partial charge in [0.05, 0.1) is 7.11 Å². The number of hydrogen-bond donors (Lipinski definition) is 1. The first-order chi connectivity index (χ1) is 12.3. The second kappa shape index (κ2) is 10.4. The lowest BCUT2D eigenvalue weighted by atomic mass is 9.98. The van der Waals surface area contributed by atoms with E-state index in [1.54, 1.807) is 13.0 Å². The summed E-state index contributed by atoms with van der Waals surface area (Å²) in [5.74, 6) is 0.0849. The van der Waals surface area contributed by atoms with Crippen LogP contribution in [0.15, 0.2) is 18.2 Å². The number of nitrogens with one attached hydrogen (secondary N) is 1. The molecule has 0 fully saturated rings. The van der Waals surface area contributed by atoms with E-state index in [1.807, 2.05) is 20.8 Å². The van der Waals surface area contributed by atoms with Gasteiger partial charge in [0, 0.05) is 17.5 Å². The number of carbonyl (C=O) groups is 3. The largest absolute Gasteiger partial charge is 0.514 e. The summed E-state index contributed by atoms with van der Waals surface area (Å²) in [5.41, 5.74) is 0.345. The molecule has 1 rings (SSSR count). The van der Waals surface area contributed by atoms with Crippen molar-refractivity contribution in [2.45, 2.75) is 52.7 Å². The Kier molecular flexibility index (Phi) is 8.61. The van der Waals surface area contributed by atoms with Gasteiger partial charge in [0.2, 0.25) is 5.91 Å². The average Bonchev–Trinajstić information content (AvgIpc) is 2.58. The van der Waals surface area contributed by atoms with Crippen molar-refractivity contribution in [3.05, 3.63) is 23.8 Å². The molecule has 2 atom stereocenters. The van der Waals surface area contributed by atoms with Crippen molar-refractivity contribution in [1.82, 2.24) is 5.32 Å². The van der Waals surface area contributed by atoms with Crippen LogP contribution in [-0.2, 0) is 9.53 Å². The summed E-state index contributed by atoms with van der Waals surface area (Å²) in [5, 5.41) is 2.86. The fourth-order valence-electron chi connectivity index (χ4n) is 2.43. The summed E-state index contributed by atoms with van der Waals surface area (Å²) in [6.45, 7) is 7.39. The molecule has 1 aromatic rings. The first kappa shape index (κ1) is 21.5. The van der Waals surface area contributed by atoms with Crippen LogP contribution < -0.4 is 14.8 Å². The number of benzene rings is 1. The Hall–Kier alpha value is -2.57. The summed E-state index contributed by atoms with van der Waals surface area (Å²) >= 11 is 0. The lowest BCUT2D eigenvalue weighted by molar-refractivity contribution is -0.126. The van der Waals surface area contributed by atoms with Gasteiger partial charge in [0.25, 0.3) is 0 Å². The zero-order valence-electron chi connectivity index (χ0n) is 15.9. The lowest BCUT2D eigenvalue weighted by Crippen LogP contribution is -2.37. The van der Waals surface area contributed by atoms with Gasteiger partial charge >= 0.3 is 6.16 Å². The molecular weight excluding hydrogens is 338 g/mol. The number of rotatable bonds is 9. The standard InChI is InChI=1S/C19H27NO6/c1-6-15(18(22)20-12(2)3)9-13(4)25-19(23)26-17-10-14(11-21)7-8-16(17)24-5/h7-8,10-13,15H,6,9H2,1-5H3,(H,20,22). The molecule has 0 saturated carbocycles. The fourth-order valence-corrected chi connectivity index (χ4v) is 2.43. The van der Waals surface area contributed by atoms with Crippen molar-refractivity contribution < 1.29 is 28.6 Å². The van der Waals surface area contributed by atoms with Gasteiger partial charge in [0.1, 0.15) is 12.4 Å². The fraction of sp³-hybridized carbons (Fsp3) is 0.526. The molecule has 1 N–H and O–H groups in total. The summed E-state index contributed by atoms with van der Waals surface area (Å²) in [4.78, 5) is 35.0. The second-order valence-electron chi connectivity index (χ2n) is 6.31. The molecule has 1 amide bonds. The molecule has 7 heteroatoms. The summed E-state index contributed by atoms with van der Waals surface area (Å²) in [6.07, 6.45) is 0.231. The molecule has 0 heterocycles. The van der Waals surface area contributed by atoms with E-state index in [0.29, 0.717) is 30.4 Å².